The number of methoxy groups -OCH3 is 1. The maximum absolute atomic E-state index is 10.5. The van der Waals surface area contributed by atoms with Gasteiger partial charge >= 0.3 is 0 Å². The highest BCUT2D eigenvalue weighted by Gasteiger charge is 2.10. The van der Waals surface area contributed by atoms with Crippen molar-refractivity contribution in [1.29, 1.82) is 0 Å². The molecular weight excluding hydrogens is 308 g/mol. The van der Waals surface area contributed by atoms with E-state index in [-0.39, 0.29) is 11.4 Å². The van der Waals surface area contributed by atoms with E-state index in [0.29, 0.717) is 18.5 Å². The Kier molecular flexibility index (Phi) is 6.60. The van der Waals surface area contributed by atoms with Gasteiger partial charge in [0.1, 0.15) is 11.5 Å². The average molecular weight is 330 g/mol. The number of carbonyl (C=O) groups excluding carboxylic acids is 1. The van der Waals surface area contributed by atoms with Crippen LogP contribution < -0.4 is 15.4 Å². The molecule has 0 bridgehead atoms. The van der Waals surface area contributed by atoms with Gasteiger partial charge in [0.05, 0.1) is 18.9 Å². The fourth-order valence-corrected chi connectivity index (χ4v) is 2.32. The summed E-state index contributed by atoms with van der Waals surface area (Å²) >= 11 is 0. The van der Waals surface area contributed by atoms with Crippen LogP contribution in [0, 0.1) is 0 Å². The predicted molar refractivity (Wildman–Crippen MR) is 92.3 cm³/mol. The first kappa shape index (κ1) is 17.8. The Morgan fingerprint density at radius 3 is 2.62 bits per heavy atom. The molecule has 0 fully saturated rings. The van der Waals surface area contributed by atoms with Gasteiger partial charge in [0, 0.05) is 6.54 Å². The molecule has 0 spiro atoms. The van der Waals surface area contributed by atoms with Gasteiger partial charge < -0.3 is 25.6 Å². The molecule has 0 saturated heterocycles. The van der Waals surface area contributed by atoms with Gasteiger partial charge in [0.25, 0.3) is 0 Å². The number of amides is 1. The maximum Gasteiger partial charge on any atom is 0.211 e. The summed E-state index contributed by atoms with van der Waals surface area (Å²) in [6, 6.07) is 12.5. The molecule has 0 radical (unpaired) electrons. The Morgan fingerprint density at radius 2 is 1.96 bits per heavy atom. The van der Waals surface area contributed by atoms with Crippen molar-refractivity contribution < 1.29 is 19.7 Å². The predicted octanol–water partition coefficient (Wildman–Crippen LogP) is 1.83. The van der Waals surface area contributed by atoms with Crippen molar-refractivity contribution in [3.63, 3.8) is 0 Å². The van der Waals surface area contributed by atoms with E-state index in [9.17, 15) is 15.0 Å². The van der Waals surface area contributed by atoms with Crippen molar-refractivity contribution in [2.45, 2.75) is 12.5 Å². The number of phenolic OH excluding ortho intramolecular Hbond substituents is 1. The van der Waals surface area contributed by atoms with E-state index in [4.69, 9.17) is 4.74 Å². The molecule has 0 aliphatic heterocycles. The van der Waals surface area contributed by atoms with Crippen LogP contribution in [0.3, 0.4) is 0 Å². The lowest BCUT2D eigenvalue weighted by atomic mass is 10.1. The zero-order chi connectivity index (χ0) is 17.4. The van der Waals surface area contributed by atoms with Gasteiger partial charge in [-0.2, -0.15) is 0 Å². The summed E-state index contributed by atoms with van der Waals surface area (Å²) in [4.78, 5) is 10.5. The number of aromatic hydroxyl groups is 1. The lowest BCUT2D eigenvalue weighted by molar-refractivity contribution is -0.105. The Morgan fingerprint density at radius 1 is 1.21 bits per heavy atom. The van der Waals surface area contributed by atoms with Crippen LogP contribution in [0.1, 0.15) is 17.2 Å². The minimum Gasteiger partial charge on any atom is -0.506 e. The number of hydrogen-bond donors (Lipinski definition) is 4. The number of benzene rings is 2. The van der Waals surface area contributed by atoms with Crippen molar-refractivity contribution in [3.8, 4) is 11.5 Å². The second-order valence-electron chi connectivity index (χ2n) is 5.36. The number of anilines is 1. The molecule has 1 amide bonds. The Hall–Kier alpha value is -2.57. The smallest absolute Gasteiger partial charge is 0.211 e. The summed E-state index contributed by atoms with van der Waals surface area (Å²) in [5.74, 6) is 0.791. The molecular formula is C18H22N2O4. The van der Waals surface area contributed by atoms with E-state index >= 15 is 0 Å². The maximum atomic E-state index is 10.5. The van der Waals surface area contributed by atoms with Crippen LogP contribution in [0.4, 0.5) is 5.69 Å². The van der Waals surface area contributed by atoms with E-state index in [2.05, 4.69) is 10.6 Å². The number of phenols is 1. The molecule has 24 heavy (non-hydrogen) atoms. The van der Waals surface area contributed by atoms with Crippen molar-refractivity contribution in [1.82, 2.24) is 5.32 Å². The Labute approximate surface area is 141 Å². The molecule has 0 aliphatic rings. The van der Waals surface area contributed by atoms with Gasteiger partial charge in [-0.3, -0.25) is 4.79 Å². The van der Waals surface area contributed by atoms with Crippen LogP contribution in [-0.2, 0) is 11.2 Å². The number of aliphatic hydroxyl groups excluding tert-OH is 1. The molecule has 4 N–H and O–H groups in total. The third kappa shape index (κ3) is 4.97. The summed E-state index contributed by atoms with van der Waals surface area (Å²) in [6.45, 7) is 1.10. The van der Waals surface area contributed by atoms with E-state index in [1.807, 2.05) is 24.3 Å². The molecule has 1 unspecified atom stereocenters. The van der Waals surface area contributed by atoms with Crippen LogP contribution in [0.5, 0.6) is 11.5 Å². The largest absolute Gasteiger partial charge is 0.506 e. The number of ether oxygens (including phenoxy) is 1. The van der Waals surface area contributed by atoms with Gasteiger partial charge in [0.15, 0.2) is 0 Å². The monoisotopic (exact) mass is 330 g/mol. The minimum atomic E-state index is -0.728. The van der Waals surface area contributed by atoms with Gasteiger partial charge in [0.2, 0.25) is 6.41 Å². The van der Waals surface area contributed by atoms with Crippen molar-refractivity contribution in [2.24, 2.45) is 0 Å². The lowest BCUT2D eigenvalue weighted by Gasteiger charge is -2.14. The Balaban J connectivity index is 1.81. The molecule has 6 nitrogen and oxygen atoms in total. The summed E-state index contributed by atoms with van der Waals surface area (Å²) < 4.78 is 5.12. The highest BCUT2D eigenvalue weighted by molar-refractivity contribution is 5.75. The fraction of sp³-hybridized carbons (Fsp3) is 0.278. The molecule has 0 aromatic heterocycles. The summed E-state index contributed by atoms with van der Waals surface area (Å²) in [6.07, 6.45) is 0.594. The van der Waals surface area contributed by atoms with E-state index in [0.717, 1.165) is 18.7 Å². The highest BCUT2D eigenvalue weighted by Crippen LogP contribution is 2.26. The van der Waals surface area contributed by atoms with Gasteiger partial charge in [-0.05, 0) is 48.4 Å². The number of nitrogens with one attached hydrogen (secondary N) is 2. The average Bonchev–Trinajstić information content (AvgIpc) is 2.61. The number of carbonyl (C=O) groups is 1. The Bertz CT molecular complexity index is 659. The number of aliphatic hydroxyl groups is 1. The highest BCUT2D eigenvalue weighted by atomic mass is 16.5. The SMILES string of the molecule is COc1ccc(CCNCC(O)c2ccc(O)c(NC=O)c2)cc1. The molecule has 1 atom stereocenters. The first-order chi connectivity index (χ1) is 11.6. The third-order valence-corrected chi connectivity index (χ3v) is 3.71. The summed E-state index contributed by atoms with van der Waals surface area (Å²) in [5.41, 5.74) is 2.08. The van der Waals surface area contributed by atoms with Gasteiger partial charge in [-0.1, -0.05) is 18.2 Å². The van der Waals surface area contributed by atoms with Crippen LogP contribution in [0.2, 0.25) is 0 Å². The minimum absolute atomic E-state index is 0.0366. The van der Waals surface area contributed by atoms with Crippen LogP contribution in [0.15, 0.2) is 42.5 Å². The molecule has 0 aliphatic carbocycles. The van der Waals surface area contributed by atoms with Crippen LogP contribution in [0.25, 0.3) is 0 Å². The normalized spacial score (nSPS) is 11.8. The number of rotatable bonds is 9. The molecule has 2 rings (SSSR count). The molecule has 0 heterocycles. The van der Waals surface area contributed by atoms with E-state index in [1.165, 1.54) is 11.6 Å². The quantitative estimate of drug-likeness (QED) is 0.320. The first-order valence-electron chi connectivity index (χ1n) is 7.69. The zero-order valence-electron chi connectivity index (χ0n) is 13.5. The van der Waals surface area contributed by atoms with Crippen molar-refractivity contribution in [3.05, 3.63) is 53.6 Å². The second-order valence-corrected chi connectivity index (χ2v) is 5.36. The van der Waals surface area contributed by atoms with Crippen molar-refractivity contribution >= 4 is 12.1 Å². The third-order valence-electron chi connectivity index (χ3n) is 3.71. The van der Waals surface area contributed by atoms with Crippen LogP contribution in [-0.4, -0.2) is 36.8 Å². The lowest BCUT2D eigenvalue weighted by Crippen LogP contribution is -2.23. The van der Waals surface area contributed by atoms with Crippen LogP contribution >= 0.6 is 0 Å². The van der Waals surface area contributed by atoms with Crippen molar-refractivity contribution in [2.75, 3.05) is 25.5 Å². The standard InChI is InChI=1S/C18H22N2O4/c1-24-15-5-2-13(3-6-15)8-9-19-11-18(23)14-4-7-17(22)16(10-14)20-12-21/h2-7,10,12,18-19,22-23H,8-9,11H2,1H3,(H,20,21). The first-order valence-corrected chi connectivity index (χ1v) is 7.69. The molecule has 6 heteroatoms. The van der Waals surface area contributed by atoms with Gasteiger partial charge in [-0.25, -0.2) is 0 Å². The zero-order valence-corrected chi connectivity index (χ0v) is 13.5. The second kappa shape index (κ2) is 8.90. The van der Waals surface area contributed by atoms with Gasteiger partial charge in [-0.15, -0.1) is 0 Å². The molecule has 2 aromatic carbocycles. The van der Waals surface area contributed by atoms with E-state index in [1.54, 1.807) is 19.2 Å². The van der Waals surface area contributed by atoms with E-state index < -0.39 is 6.10 Å². The summed E-state index contributed by atoms with van der Waals surface area (Å²) in [7, 11) is 1.64. The summed E-state index contributed by atoms with van der Waals surface area (Å²) in [5, 5.41) is 25.4. The molecule has 128 valence electrons. The molecule has 2 aromatic rings. The molecule has 0 saturated carbocycles. The topological polar surface area (TPSA) is 90.8 Å². The fourth-order valence-electron chi connectivity index (χ4n) is 2.32. The number of hydrogen-bond acceptors (Lipinski definition) is 5.